The van der Waals surface area contributed by atoms with Gasteiger partial charge in [-0.2, -0.15) is 11.8 Å². The van der Waals surface area contributed by atoms with E-state index in [1.54, 1.807) is 0 Å². The highest BCUT2D eigenvalue weighted by Gasteiger charge is 2.32. The zero-order valence-corrected chi connectivity index (χ0v) is 12.6. The molecule has 0 amide bonds. The smallest absolute Gasteiger partial charge is 0.0111 e. The first-order chi connectivity index (χ1) is 8.85. The molecule has 0 spiro atoms. The molecule has 18 heavy (non-hydrogen) atoms. The van der Waals surface area contributed by atoms with E-state index in [4.69, 9.17) is 0 Å². The van der Waals surface area contributed by atoms with Crippen molar-refractivity contribution in [3.8, 4) is 0 Å². The largest absolute Gasteiger partial charge is 0.311 e. The molecule has 1 saturated carbocycles. The second-order valence-electron chi connectivity index (χ2n) is 6.43. The Labute approximate surface area is 116 Å². The normalized spacial score (nSPS) is 41.8. The molecule has 2 atom stereocenters. The Kier molecular flexibility index (Phi) is 4.53. The van der Waals surface area contributed by atoms with Crippen LogP contribution in [0.1, 0.15) is 51.4 Å². The van der Waals surface area contributed by atoms with Gasteiger partial charge in [-0.25, -0.2) is 0 Å². The van der Waals surface area contributed by atoms with Crippen molar-refractivity contribution in [3.63, 3.8) is 0 Å². The van der Waals surface area contributed by atoms with E-state index in [9.17, 15) is 0 Å². The van der Waals surface area contributed by atoms with Gasteiger partial charge < -0.3 is 10.2 Å². The van der Waals surface area contributed by atoms with E-state index in [0.29, 0.717) is 0 Å². The molecular formula is C15H28N2S. The zero-order valence-electron chi connectivity index (χ0n) is 11.7. The van der Waals surface area contributed by atoms with Crippen LogP contribution in [0.15, 0.2) is 0 Å². The predicted molar refractivity (Wildman–Crippen MR) is 80.3 cm³/mol. The summed E-state index contributed by atoms with van der Waals surface area (Å²) in [5.74, 6) is 0. The summed E-state index contributed by atoms with van der Waals surface area (Å²) in [6.45, 7) is 2.72. The summed E-state index contributed by atoms with van der Waals surface area (Å²) in [6, 6.07) is 2.56. The Morgan fingerprint density at radius 1 is 0.944 bits per heavy atom. The van der Waals surface area contributed by atoms with Gasteiger partial charge in [0.1, 0.15) is 0 Å². The molecule has 2 unspecified atom stereocenters. The van der Waals surface area contributed by atoms with Crippen molar-refractivity contribution in [1.82, 2.24) is 10.2 Å². The molecule has 3 heteroatoms. The fourth-order valence-corrected chi connectivity index (χ4v) is 4.92. The first-order valence-corrected chi connectivity index (χ1v) is 9.17. The summed E-state index contributed by atoms with van der Waals surface area (Å²) in [5, 5.41) is 4.92. The molecule has 0 bridgehead atoms. The van der Waals surface area contributed by atoms with Crippen LogP contribution in [-0.2, 0) is 0 Å². The van der Waals surface area contributed by atoms with Crippen LogP contribution in [0.5, 0.6) is 0 Å². The van der Waals surface area contributed by atoms with Crippen molar-refractivity contribution >= 4 is 11.8 Å². The average molecular weight is 268 g/mol. The fraction of sp³-hybridized carbons (Fsp3) is 1.00. The molecule has 0 aromatic heterocycles. The first-order valence-electron chi connectivity index (χ1n) is 7.88. The summed E-state index contributed by atoms with van der Waals surface area (Å²) < 4.78 is 0. The molecule has 2 nitrogen and oxygen atoms in total. The van der Waals surface area contributed by atoms with E-state index in [0.717, 1.165) is 23.4 Å². The fourth-order valence-electron chi connectivity index (χ4n) is 4.17. The van der Waals surface area contributed by atoms with Gasteiger partial charge in [0.2, 0.25) is 0 Å². The summed E-state index contributed by atoms with van der Waals surface area (Å²) in [5.41, 5.74) is 0. The standard InChI is InChI=1S/C15H28N2S/c1-18-15-6-4-12(5-7-15)16-13-8-10-17-9-2-3-14(17)11-13/h12-16H,2-11H2,1H3. The van der Waals surface area contributed by atoms with Crippen molar-refractivity contribution in [2.45, 2.75) is 74.7 Å². The Morgan fingerprint density at radius 3 is 2.56 bits per heavy atom. The summed E-state index contributed by atoms with van der Waals surface area (Å²) in [4.78, 5) is 2.73. The molecule has 3 aliphatic rings. The average Bonchev–Trinajstić information content (AvgIpc) is 2.87. The Morgan fingerprint density at radius 2 is 1.78 bits per heavy atom. The summed E-state index contributed by atoms with van der Waals surface area (Å²) >= 11 is 2.07. The number of rotatable bonds is 3. The maximum absolute atomic E-state index is 3.98. The third-order valence-electron chi connectivity index (χ3n) is 5.30. The van der Waals surface area contributed by atoms with Crippen LogP contribution in [0.2, 0.25) is 0 Å². The van der Waals surface area contributed by atoms with Gasteiger partial charge in [0.05, 0.1) is 0 Å². The molecule has 2 saturated heterocycles. The van der Waals surface area contributed by atoms with Gasteiger partial charge in [0.25, 0.3) is 0 Å². The number of hydrogen-bond donors (Lipinski definition) is 1. The highest BCUT2D eigenvalue weighted by molar-refractivity contribution is 7.99. The third-order valence-corrected chi connectivity index (χ3v) is 6.44. The second kappa shape index (κ2) is 6.15. The quantitative estimate of drug-likeness (QED) is 0.847. The maximum atomic E-state index is 3.98. The number of hydrogen-bond acceptors (Lipinski definition) is 3. The lowest BCUT2D eigenvalue weighted by atomic mass is 9.91. The van der Waals surface area contributed by atoms with Crippen LogP contribution >= 0.6 is 11.8 Å². The Bertz CT molecular complexity index is 263. The molecule has 1 aliphatic carbocycles. The molecule has 0 aromatic carbocycles. The van der Waals surface area contributed by atoms with Crippen molar-refractivity contribution < 1.29 is 0 Å². The summed E-state index contributed by atoms with van der Waals surface area (Å²) in [6.07, 6.45) is 13.7. The zero-order chi connectivity index (χ0) is 12.4. The van der Waals surface area contributed by atoms with E-state index in [-0.39, 0.29) is 0 Å². The van der Waals surface area contributed by atoms with Crippen LogP contribution in [-0.4, -0.2) is 47.6 Å². The highest BCUT2D eigenvalue weighted by Crippen LogP contribution is 2.30. The minimum Gasteiger partial charge on any atom is -0.311 e. The van der Waals surface area contributed by atoms with Crippen LogP contribution in [0, 0.1) is 0 Å². The third kappa shape index (κ3) is 3.05. The minimum atomic E-state index is 0.820. The molecule has 2 aliphatic heterocycles. The Balaban J connectivity index is 1.43. The van der Waals surface area contributed by atoms with E-state index in [1.165, 1.54) is 64.5 Å². The van der Waals surface area contributed by atoms with Crippen LogP contribution in [0.3, 0.4) is 0 Å². The minimum absolute atomic E-state index is 0.820. The predicted octanol–water partition coefficient (Wildman–Crippen LogP) is 2.88. The van der Waals surface area contributed by atoms with Crippen LogP contribution in [0.25, 0.3) is 0 Å². The van der Waals surface area contributed by atoms with Crippen LogP contribution < -0.4 is 5.32 Å². The van der Waals surface area contributed by atoms with E-state index in [2.05, 4.69) is 28.2 Å². The van der Waals surface area contributed by atoms with Gasteiger partial charge in [-0.05, 0) is 70.7 Å². The van der Waals surface area contributed by atoms with E-state index < -0.39 is 0 Å². The van der Waals surface area contributed by atoms with Gasteiger partial charge in [0, 0.05) is 23.4 Å². The van der Waals surface area contributed by atoms with Gasteiger partial charge in [0.15, 0.2) is 0 Å². The van der Waals surface area contributed by atoms with Crippen LogP contribution in [0.4, 0.5) is 0 Å². The van der Waals surface area contributed by atoms with Crippen molar-refractivity contribution in [2.75, 3.05) is 19.3 Å². The first kappa shape index (κ1) is 13.3. The molecule has 2 heterocycles. The molecule has 0 radical (unpaired) electrons. The topological polar surface area (TPSA) is 15.3 Å². The molecular weight excluding hydrogens is 240 g/mol. The molecule has 0 aromatic rings. The van der Waals surface area contributed by atoms with Gasteiger partial charge in [-0.1, -0.05) is 0 Å². The van der Waals surface area contributed by atoms with Gasteiger partial charge >= 0.3 is 0 Å². The molecule has 104 valence electrons. The highest BCUT2D eigenvalue weighted by atomic mass is 32.2. The van der Waals surface area contributed by atoms with Crippen molar-refractivity contribution in [1.29, 1.82) is 0 Å². The van der Waals surface area contributed by atoms with E-state index in [1.807, 2.05) is 0 Å². The lowest BCUT2D eigenvalue weighted by Gasteiger charge is -2.38. The lowest BCUT2D eigenvalue weighted by Crippen LogP contribution is -2.49. The molecule has 3 fully saturated rings. The number of nitrogens with one attached hydrogen (secondary N) is 1. The number of nitrogens with zero attached hydrogens (tertiary/aromatic N) is 1. The second-order valence-corrected chi connectivity index (χ2v) is 7.57. The maximum Gasteiger partial charge on any atom is 0.0111 e. The number of thioether (sulfide) groups is 1. The van der Waals surface area contributed by atoms with Crippen molar-refractivity contribution in [3.05, 3.63) is 0 Å². The van der Waals surface area contributed by atoms with E-state index >= 15 is 0 Å². The molecule has 1 N–H and O–H groups in total. The summed E-state index contributed by atoms with van der Waals surface area (Å²) in [7, 11) is 0. The van der Waals surface area contributed by atoms with Gasteiger partial charge in [-0.3, -0.25) is 0 Å². The molecule has 3 rings (SSSR count). The van der Waals surface area contributed by atoms with Gasteiger partial charge in [-0.15, -0.1) is 0 Å². The number of fused-ring (bicyclic) bond motifs is 1. The SMILES string of the molecule is CSC1CCC(NC2CCN3CCCC3C2)CC1. The van der Waals surface area contributed by atoms with Crippen molar-refractivity contribution in [2.24, 2.45) is 0 Å². The number of piperidine rings is 1. The monoisotopic (exact) mass is 268 g/mol. The lowest BCUT2D eigenvalue weighted by molar-refractivity contribution is 0.156. The Hall–Kier alpha value is 0.270.